The van der Waals surface area contributed by atoms with Gasteiger partial charge in [0.2, 0.25) is 0 Å². The van der Waals surface area contributed by atoms with E-state index in [2.05, 4.69) is 10.6 Å². The largest absolute Gasteiger partial charge is 0.334 e. The topological polar surface area (TPSA) is 75.3 Å². The predicted octanol–water partition coefficient (Wildman–Crippen LogP) is 1.39. The Balaban J connectivity index is 1.88. The van der Waals surface area contributed by atoms with Crippen LogP contribution >= 0.6 is 0 Å². The zero-order chi connectivity index (χ0) is 13.0. The van der Waals surface area contributed by atoms with Crippen molar-refractivity contribution in [1.29, 1.82) is 0 Å². The zero-order valence-corrected chi connectivity index (χ0v) is 10.7. The Labute approximate surface area is 107 Å². The highest BCUT2D eigenvalue weighted by molar-refractivity contribution is 7.91. The summed E-state index contributed by atoms with van der Waals surface area (Å²) in [6, 6.07) is 8.41. The van der Waals surface area contributed by atoms with Gasteiger partial charge in [-0.3, -0.25) is 0 Å². The minimum Gasteiger partial charge on any atom is -0.334 e. The van der Waals surface area contributed by atoms with Gasteiger partial charge in [0.1, 0.15) is 0 Å². The molecule has 0 unspecified atom stereocenters. The van der Waals surface area contributed by atoms with E-state index in [0.717, 1.165) is 0 Å². The van der Waals surface area contributed by atoms with Crippen LogP contribution < -0.4 is 10.6 Å². The van der Waals surface area contributed by atoms with Crippen LogP contribution in [0.1, 0.15) is 12.8 Å². The molecule has 98 valence electrons. The van der Waals surface area contributed by atoms with Crippen molar-refractivity contribution in [2.75, 3.05) is 16.8 Å². The van der Waals surface area contributed by atoms with Crippen molar-refractivity contribution >= 4 is 21.6 Å². The normalized spacial score (nSPS) is 22.1. The second-order valence-electron chi connectivity index (χ2n) is 4.42. The van der Waals surface area contributed by atoms with E-state index in [1.54, 1.807) is 12.1 Å². The number of hydrogen-bond acceptors (Lipinski definition) is 3. The third-order valence-electron chi connectivity index (χ3n) is 2.83. The standard InChI is InChI=1S/C12H16N2O3S/c15-12(13-10-5-2-1-3-6-10)14-11-7-4-8-18(16,17)9-11/h1-3,5-6,11H,4,7-9H2,(H2,13,14,15)/t11-/m0/s1. The summed E-state index contributed by atoms with van der Waals surface area (Å²) in [6.07, 6.45) is 1.32. The molecule has 2 rings (SSSR count). The van der Waals surface area contributed by atoms with E-state index in [-0.39, 0.29) is 23.6 Å². The number of hydrogen-bond donors (Lipinski definition) is 2. The van der Waals surface area contributed by atoms with Crippen LogP contribution in [-0.4, -0.2) is 32.0 Å². The van der Waals surface area contributed by atoms with Crippen LogP contribution in [0.3, 0.4) is 0 Å². The molecule has 1 aliphatic rings. The van der Waals surface area contributed by atoms with Crippen LogP contribution in [0, 0.1) is 0 Å². The second-order valence-corrected chi connectivity index (χ2v) is 6.65. The maximum absolute atomic E-state index is 11.7. The van der Waals surface area contributed by atoms with Crippen molar-refractivity contribution in [3.63, 3.8) is 0 Å². The number of anilines is 1. The minimum atomic E-state index is -2.99. The first-order valence-corrected chi connectivity index (χ1v) is 7.70. The number of urea groups is 1. The highest BCUT2D eigenvalue weighted by Gasteiger charge is 2.25. The van der Waals surface area contributed by atoms with Gasteiger partial charge in [-0.1, -0.05) is 18.2 Å². The van der Waals surface area contributed by atoms with Crippen LogP contribution in [0.4, 0.5) is 10.5 Å². The van der Waals surface area contributed by atoms with Crippen LogP contribution in [0.25, 0.3) is 0 Å². The van der Waals surface area contributed by atoms with Gasteiger partial charge in [-0.25, -0.2) is 13.2 Å². The summed E-state index contributed by atoms with van der Waals surface area (Å²) < 4.78 is 22.9. The molecule has 1 aliphatic heterocycles. The van der Waals surface area contributed by atoms with Crippen LogP contribution in [0.15, 0.2) is 30.3 Å². The van der Waals surface area contributed by atoms with Crippen LogP contribution in [0.2, 0.25) is 0 Å². The summed E-state index contributed by atoms with van der Waals surface area (Å²) in [6.45, 7) is 0. The Kier molecular flexibility index (Phi) is 3.86. The molecule has 1 heterocycles. The fourth-order valence-corrected chi connectivity index (χ4v) is 3.65. The maximum atomic E-state index is 11.7. The van der Waals surface area contributed by atoms with E-state index in [1.165, 1.54) is 0 Å². The summed E-state index contributed by atoms with van der Waals surface area (Å²) in [7, 11) is -2.99. The maximum Gasteiger partial charge on any atom is 0.319 e. The summed E-state index contributed by atoms with van der Waals surface area (Å²) in [4.78, 5) is 11.7. The lowest BCUT2D eigenvalue weighted by Crippen LogP contribution is -2.44. The summed E-state index contributed by atoms with van der Waals surface area (Å²) >= 11 is 0. The van der Waals surface area contributed by atoms with Crippen molar-refractivity contribution in [3.8, 4) is 0 Å². The molecule has 1 aromatic rings. The molecule has 0 bridgehead atoms. The lowest BCUT2D eigenvalue weighted by Gasteiger charge is -2.23. The third kappa shape index (κ3) is 3.73. The summed E-state index contributed by atoms with van der Waals surface area (Å²) in [5.41, 5.74) is 0.689. The molecule has 0 aromatic heterocycles. The molecule has 2 N–H and O–H groups in total. The molecule has 0 spiro atoms. The molecule has 1 fully saturated rings. The number of carbonyl (C=O) groups is 1. The quantitative estimate of drug-likeness (QED) is 0.851. The van der Waals surface area contributed by atoms with Crippen LogP contribution in [0.5, 0.6) is 0 Å². The number of rotatable bonds is 2. The molecule has 0 aliphatic carbocycles. The van der Waals surface area contributed by atoms with Gasteiger partial charge in [-0.2, -0.15) is 0 Å². The molecular weight excluding hydrogens is 252 g/mol. The summed E-state index contributed by atoms with van der Waals surface area (Å²) in [5.74, 6) is 0.265. The molecule has 1 aromatic carbocycles. The van der Waals surface area contributed by atoms with Gasteiger partial charge in [0.05, 0.1) is 11.5 Å². The van der Waals surface area contributed by atoms with E-state index in [4.69, 9.17) is 0 Å². The number of benzene rings is 1. The fourth-order valence-electron chi connectivity index (χ4n) is 2.01. The number of nitrogens with one attached hydrogen (secondary N) is 2. The van der Waals surface area contributed by atoms with Gasteiger partial charge in [0.15, 0.2) is 9.84 Å². The lowest BCUT2D eigenvalue weighted by molar-refractivity contribution is 0.248. The molecule has 0 saturated carbocycles. The number of amides is 2. The van der Waals surface area contributed by atoms with Crippen molar-refractivity contribution in [3.05, 3.63) is 30.3 Å². The number of para-hydroxylation sites is 1. The van der Waals surface area contributed by atoms with E-state index in [0.29, 0.717) is 18.5 Å². The first-order valence-electron chi connectivity index (χ1n) is 5.88. The Morgan fingerprint density at radius 2 is 1.94 bits per heavy atom. The highest BCUT2D eigenvalue weighted by atomic mass is 32.2. The molecule has 6 heteroatoms. The van der Waals surface area contributed by atoms with Gasteiger partial charge in [0.25, 0.3) is 0 Å². The van der Waals surface area contributed by atoms with Gasteiger partial charge < -0.3 is 10.6 Å². The summed E-state index contributed by atoms with van der Waals surface area (Å²) in [5, 5.41) is 5.37. The Hall–Kier alpha value is -1.56. The molecule has 2 amide bonds. The Morgan fingerprint density at radius 1 is 1.22 bits per heavy atom. The molecule has 0 radical (unpaired) electrons. The molecular formula is C12H16N2O3S. The third-order valence-corrected chi connectivity index (χ3v) is 4.65. The van der Waals surface area contributed by atoms with Gasteiger partial charge in [-0.05, 0) is 25.0 Å². The van der Waals surface area contributed by atoms with Crippen molar-refractivity contribution < 1.29 is 13.2 Å². The van der Waals surface area contributed by atoms with E-state index < -0.39 is 9.84 Å². The SMILES string of the molecule is O=C(Nc1ccccc1)N[C@H]1CCCS(=O)(=O)C1. The van der Waals surface area contributed by atoms with E-state index in [9.17, 15) is 13.2 Å². The monoisotopic (exact) mass is 268 g/mol. The van der Waals surface area contributed by atoms with E-state index >= 15 is 0 Å². The predicted molar refractivity (Wildman–Crippen MR) is 70.3 cm³/mol. The molecule has 1 atom stereocenters. The highest BCUT2D eigenvalue weighted by Crippen LogP contribution is 2.12. The van der Waals surface area contributed by atoms with Crippen molar-refractivity contribution in [2.24, 2.45) is 0 Å². The van der Waals surface area contributed by atoms with Crippen molar-refractivity contribution in [2.45, 2.75) is 18.9 Å². The fraction of sp³-hybridized carbons (Fsp3) is 0.417. The first kappa shape index (κ1) is 12.9. The molecule has 1 saturated heterocycles. The smallest absolute Gasteiger partial charge is 0.319 e. The van der Waals surface area contributed by atoms with Gasteiger partial charge >= 0.3 is 6.03 Å². The zero-order valence-electron chi connectivity index (χ0n) is 9.93. The second kappa shape index (κ2) is 5.39. The van der Waals surface area contributed by atoms with Gasteiger partial charge in [-0.15, -0.1) is 0 Å². The van der Waals surface area contributed by atoms with Crippen molar-refractivity contribution in [1.82, 2.24) is 5.32 Å². The van der Waals surface area contributed by atoms with Crippen LogP contribution in [-0.2, 0) is 9.84 Å². The van der Waals surface area contributed by atoms with E-state index in [1.807, 2.05) is 18.2 Å². The number of sulfone groups is 1. The average molecular weight is 268 g/mol. The van der Waals surface area contributed by atoms with Gasteiger partial charge in [0, 0.05) is 11.7 Å². The first-order chi connectivity index (χ1) is 8.55. The minimum absolute atomic E-state index is 0.0369. The molecule has 18 heavy (non-hydrogen) atoms. The Bertz CT molecular complexity index is 513. The lowest BCUT2D eigenvalue weighted by atomic mass is 10.2. The Morgan fingerprint density at radius 3 is 2.61 bits per heavy atom. The average Bonchev–Trinajstić information content (AvgIpc) is 2.28. The number of carbonyl (C=O) groups excluding carboxylic acids is 1. The molecule has 5 nitrogen and oxygen atoms in total.